The Morgan fingerprint density at radius 3 is 2.28 bits per heavy atom. The van der Waals surface area contributed by atoms with Crippen molar-refractivity contribution in [3.05, 3.63) is 53.6 Å². The number of aromatic nitrogens is 2. The molecule has 1 amide bonds. The minimum atomic E-state index is -0.662. The van der Waals surface area contributed by atoms with Crippen molar-refractivity contribution in [2.45, 2.75) is 13.5 Å². The first-order valence-electron chi connectivity index (χ1n) is 7.83. The Labute approximate surface area is 147 Å². The van der Waals surface area contributed by atoms with E-state index in [4.69, 9.17) is 4.74 Å². The summed E-state index contributed by atoms with van der Waals surface area (Å²) in [5, 5.41) is 0. The van der Waals surface area contributed by atoms with Gasteiger partial charge in [0, 0.05) is 39.6 Å². The van der Waals surface area contributed by atoms with Gasteiger partial charge in [-0.3, -0.25) is 9.78 Å². The highest BCUT2D eigenvalue weighted by molar-refractivity contribution is 5.89. The van der Waals surface area contributed by atoms with Crippen LogP contribution in [0.4, 0.5) is 5.69 Å². The van der Waals surface area contributed by atoms with Crippen LogP contribution >= 0.6 is 0 Å². The summed E-state index contributed by atoms with van der Waals surface area (Å²) in [5.41, 5.74) is 2.87. The molecule has 0 saturated carbocycles. The maximum atomic E-state index is 12.1. The molecule has 0 saturated heterocycles. The number of likely N-dealkylation sites (N-methyl/N-ethyl adjacent to an activating group) is 1. The number of anilines is 1. The Hall–Kier alpha value is -2.96. The minimum Gasteiger partial charge on any atom is -0.451 e. The molecular formula is C18H22N4O3. The zero-order valence-corrected chi connectivity index (χ0v) is 14.9. The molecule has 2 aromatic rings. The first-order valence-corrected chi connectivity index (χ1v) is 7.83. The van der Waals surface area contributed by atoms with Gasteiger partial charge in [0.1, 0.15) is 0 Å². The topological polar surface area (TPSA) is 75.6 Å². The number of aryl methyl sites for hydroxylation is 1. The summed E-state index contributed by atoms with van der Waals surface area (Å²) in [7, 11) is 5.61. The van der Waals surface area contributed by atoms with Crippen molar-refractivity contribution < 1.29 is 14.3 Å². The molecule has 0 unspecified atom stereocenters. The molecule has 25 heavy (non-hydrogen) atoms. The molecule has 1 aromatic heterocycles. The zero-order chi connectivity index (χ0) is 18.4. The molecule has 0 spiro atoms. The van der Waals surface area contributed by atoms with Crippen molar-refractivity contribution in [1.29, 1.82) is 0 Å². The van der Waals surface area contributed by atoms with Crippen LogP contribution in [0.1, 0.15) is 21.7 Å². The summed E-state index contributed by atoms with van der Waals surface area (Å²) in [6.07, 6.45) is 2.81. The number of amides is 1. The summed E-state index contributed by atoms with van der Waals surface area (Å²) in [5.74, 6) is -0.949. The van der Waals surface area contributed by atoms with E-state index in [-0.39, 0.29) is 18.2 Å². The summed E-state index contributed by atoms with van der Waals surface area (Å²) >= 11 is 0. The first kappa shape index (κ1) is 18.4. The van der Waals surface area contributed by atoms with Crippen molar-refractivity contribution in [3.63, 3.8) is 0 Å². The van der Waals surface area contributed by atoms with E-state index in [2.05, 4.69) is 9.97 Å². The van der Waals surface area contributed by atoms with Crippen molar-refractivity contribution in [2.75, 3.05) is 32.6 Å². The monoisotopic (exact) mass is 342 g/mol. The number of benzene rings is 1. The summed E-state index contributed by atoms with van der Waals surface area (Å²) in [4.78, 5) is 35.4. The molecule has 7 heteroatoms. The fourth-order valence-corrected chi connectivity index (χ4v) is 2.07. The molecule has 0 aliphatic heterocycles. The summed E-state index contributed by atoms with van der Waals surface area (Å²) in [6.45, 7) is 1.88. The molecule has 0 aliphatic carbocycles. The minimum absolute atomic E-state index is 0.0836. The standard InChI is InChI=1S/C18H22N4O3/c1-13-9-20-16(10-19-13)18(24)25-12-17(23)22(4)11-14-5-7-15(8-6-14)21(2)3/h5-10H,11-12H2,1-4H3. The van der Waals surface area contributed by atoms with E-state index in [0.717, 1.165) is 11.3 Å². The molecule has 0 fully saturated rings. The van der Waals surface area contributed by atoms with E-state index >= 15 is 0 Å². The number of nitrogens with zero attached hydrogens (tertiary/aromatic N) is 4. The van der Waals surface area contributed by atoms with Crippen LogP contribution in [0.2, 0.25) is 0 Å². The van der Waals surface area contributed by atoms with E-state index in [1.54, 1.807) is 14.0 Å². The Morgan fingerprint density at radius 2 is 1.72 bits per heavy atom. The average molecular weight is 342 g/mol. The fraction of sp³-hybridized carbons (Fsp3) is 0.333. The first-order chi connectivity index (χ1) is 11.9. The second-order valence-corrected chi connectivity index (χ2v) is 5.93. The van der Waals surface area contributed by atoms with Gasteiger partial charge in [0.2, 0.25) is 0 Å². The van der Waals surface area contributed by atoms with Gasteiger partial charge in [0.15, 0.2) is 12.3 Å². The molecule has 0 atom stereocenters. The van der Waals surface area contributed by atoms with E-state index in [9.17, 15) is 9.59 Å². The number of rotatable bonds is 6. The van der Waals surface area contributed by atoms with Crippen LogP contribution in [0.25, 0.3) is 0 Å². The van der Waals surface area contributed by atoms with E-state index in [0.29, 0.717) is 12.2 Å². The quantitative estimate of drug-likeness (QED) is 0.743. The SMILES string of the molecule is Cc1cnc(C(=O)OCC(=O)N(C)Cc2ccc(N(C)C)cc2)cn1. The highest BCUT2D eigenvalue weighted by Gasteiger charge is 2.15. The van der Waals surface area contributed by atoms with Crippen LogP contribution in [-0.4, -0.2) is 54.5 Å². The van der Waals surface area contributed by atoms with Crippen molar-refractivity contribution in [1.82, 2.24) is 14.9 Å². The molecule has 0 N–H and O–H groups in total. The van der Waals surface area contributed by atoms with Crippen LogP contribution in [0.3, 0.4) is 0 Å². The van der Waals surface area contributed by atoms with Gasteiger partial charge >= 0.3 is 5.97 Å². The molecule has 0 radical (unpaired) electrons. The Bertz CT molecular complexity index is 727. The van der Waals surface area contributed by atoms with Gasteiger partial charge in [0.05, 0.1) is 11.9 Å². The molecular weight excluding hydrogens is 320 g/mol. The lowest BCUT2D eigenvalue weighted by atomic mass is 10.2. The molecule has 2 rings (SSSR count). The van der Waals surface area contributed by atoms with Gasteiger partial charge in [-0.15, -0.1) is 0 Å². The average Bonchev–Trinajstić information content (AvgIpc) is 2.60. The highest BCUT2D eigenvalue weighted by atomic mass is 16.5. The second kappa shape index (κ2) is 8.23. The smallest absolute Gasteiger partial charge is 0.359 e. The molecule has 0 bridgehead atoms. The summed E-state index contributed by atoms with van der Waals surface area (Å²) < 4.78 is 5.00. The normalized spacial score (nSPS) is 10.2. The number of carbonyl (C=O) groups excluding carboxylic acids is 2. The number of esters is 1. The predicted molar refractivity (Wildman–Crippen MR) is 94.3 cm³/mol. The van der Waals surface area contributed by atoms with E-state index < -0.39 is 5.97 Å². The molecule has 1 aromatic carbocycles. The fourth-order valence-electron chi connectivity index (χ4n) is 2.07. The zero-order valence-electron chi connectivity index (χ0n) is 14.9. The van der Waals surface area contributed by atoms with Crippen LogP contribution < -0.4 is 4.90 Å². The van der Waals surface area contributed by atoms with Gasteiger partial charge in [0.25, 0.3) is 5.91 Å². The number of hydrogen-bond acceptors (Lipinski definition) is 6. The van der Waals surface area contributed by atoms with Crippen LogP contribution in [0, 0.1) is 6.92 Å². The Balaban J connectivity index is 1.85. The van der Waals surface area contributed by atoms with Gasteiger partial charge in [-0.1, -0.05) is 12.1 Å². The maximum Gasteiger partial charge on any atom is 0.359 e. The van der Waals surface area contributed by atoms with E-state index in [1.807, 2.05) is 43.3 Å². The van der Waals surface area contributed by atoms with Gasteiger partial charge < -0.3 is 14.5 Å². The number of carbonyl (C=O) groups is 2. The predicted octanol–water partition coefficient (Wildman–Crippen LogP) is 1.67. The van der Waals surface area contributed by atoms with Crippen LogP contribution in [-0.2, 0) is 16.1 Å². The molecule has 132 valence electrons. The van der Waals surface area contributed by atoms with Gasteiger partial charge in [-0.05, 0) is 24.6 Å². The Morgan fingerprint density at radius 1 is 1.04 bits per heavy atom. The maximum absolute atomic E-state index is 12.1. The number of hydrogen-bond donors (Lipinski definition) is 0. The van der Waals surface area contributed by atoms with E-state index in [1.165, 1.54) is 17.3 Å². The largest absolute Gasteiger partial charge is 0.451 e. The van der Waals surface area contributed by atoms with Gasteiger partial charge in [-0.2, -0.15) is 0 Å². The molecule has 1 heterocycles. The second-order valence-electron chi connectivity index (χ2n) is 5.93. The third-order valence-corrected chi connectivity index (χ3v) is 3.62. The van der Waals surface area contributed by atoms with Crippen molar-refractivity contribution in [2.24, 2.45) is 0 Å². The summed E-state index contributed by atoms with van der Waals surface area (Å²) in [6, 6.07) is 7.91. The van der Waals surface area contributed by atoms with Crippen molar-refractivity contribution >= 4 is 17.6 Å². The van der Waals surface area contributed by atoms with Crippen LogP contribution in [0.5, 0.6) is 0 Å². The Kier molecular flexibility index (Phi) is 6.05. The lowest BCUT2D eigenvalue weighted by molar-refractivity contribution is -0.133. The third-order valence-electron chi connectivity index (χ3n) is 3.62. The highest BCUT2D eigenvalue weighted by Crippen LogP contribution is 2.13. The van der Waals surface area contributed by atoms with Gasteiger partial charge in [-0.25, -0.2) is 9.78 Å². The lowest BCUT2D eigenvalue weighted by Crippen LogP contribution is -2.31. The third kappa shape index (κ3) is 5.27. The lowest BCUT2D eigenvalue weighted by Gasteiger charge is -2.18. The molecule has 7 nitrogen and oxygen atoms in total. The number of ether oxygens (including phenoxy) is 1. The van der Waals surface area contributed by atoms with Crippen molar-refractivity contribution in [3.8, 4) is 0 Å². The van der Waals surface area contributed by atoms with Crippen LogP contribution in [0.15, 0.2) is 36.7 Å². The molecule has 0 aliphatic rings.